The van der Waals surface area contributed by atoms with E-state index in [1.807, 2.05) is 32.0 Å². The molecule has 24 heavy (non-hydrogen) atoms. The molecule has 3 rings (SSSR count). The van der Waals surface area contributed by atoms with Crippen molar-refractivity contribution < 1.29 is 14.4 Å². The summed E-state index contributed by atoms with van der Waals surface area (Å²) < 4.78 is 0. The zero-order chi connectivity index (χ0) is 17.4. The van der Waals surface area contributed by atoms with Gasteiger partial charge >= 0.3 is 0 Å². The van der Waals surface area contributed by atoms with Crippen LogP contribution in [0.15, 0.2) is 18.2 Å². The molecular formula is C19H24N2O3. The number of imide groups is 1. The molecule has 0 bridgehead atoms. The Morgan fingerprint density at radius 1 is 1.12 bits per heavy atom. The lowest BCUT2D eigenvalue weighted by Gasteiger charge is -2.23. The molecule has 1 aromatic carbocycles. The van der Waals surface area contributed by atoms with Crippen LogP contribution in [-0.2, 0) is 14.4 Å². The van der Waals surface area contributed by atoms with E-state index in [4.69, 9.17) is 0 Å². The van der Waals surface area contributed by atoms with E-state index in [1.165, 1.54) is 4.90 Å². The number of likely N-dealkylation sites (tertiary alicyclic amines) is 1. The van der Waals surface area contributed by atoms with E-state index in [2.05, 4.69) is 5.32 Å². The summed E-state index contributed by atoms with van der Waals surface area (Å²) in [4.78, 5) is 39.0. The van der Waals surface area contributed by atoms with Crippen molar-refractivity contribution in [1.82, 2.24) is 4.90 Å². The maximum absolute atomic E-state index is 12.6. The van der Waals surface area contributed by atoms with Crippen LogP contribution in [0.3, 0.4) is 0 Å². The molecule has 3 unspecified atom stereocenters. The highest BCUT2D eigenvalue weighted by molar-refractivity contribution is 6.09. The summed E-state index contributed by atoms with van der Waals surface area (Å²) in [6.45, 7) is 5.55. The first-order valence-electron chi connectivity index (χ1n) is 8.66. The highest BCUT2D eigenvalue weighted by Crippen LogP contribution is 2.39. The Balaban J connectivity index is 1.77. The van der Waals surface area contributed by atoms with E-state index in [9.17, 15) is 14.4 Å². The second-order valence-corrected chi connectivity index (χ2v) is 6.96. The van der Waals surface area contributed by atoms with E-state index in [1.54, 1.807) is 6.92 Å². The number of nitrogens with one attached hydrogen (secondary N) is 1. The number of carbonyl (C=O) groups excluding carboxylic acids is 3. The lowest BCUT2D eigenvalue weighted by molar-refractivity contribution is -0.146. The van der Waals surface area contributed by atoms with Crippen LogP contribution in [0.2, 0.25) is 0 Å². The highest BCUT2D eigenvalue weighted by atomic mass is 16.2. The maximum Gasteiger partial charge on any atom is 0.247 e. The largest absolute Gasteiger partial charge is 0.324 e. The summed E-state index contributed by atoms with van der Waals surface area (Å²) in [6, 6.07) is 4.91. The summed E-state index contributed by atoms with van der Waals surface area (Å²) in [5.41, 5.74) is 2.80. The molecule has 0 radical (unpaired) electrons. The molecule has 1 aliphatic heterocycles. The van der Waals surface area contributed by atoms with Crippen molar-refractivity contribution in [2.75, 3.05) is 5.32 Å². The molecule has 128 valence electrons. The zero-order valence-electron chi connectivity index (χ0n) is 14.5. The fourth-order valence-corrected chi connectivity index (χ4v) is 3.81. The zero-order valence-corrected chi connectivity index (χ0v) is 14.5. The highest BCUT2D eigenvalue weighted by Gasteiger charge is 2.50. The van der Waals surface area contributed by atoms with Crippen molar-refractivity contribution >= 4 is 23.4 Å². The van der Waals surface area contributed by atoms with Gasteiger partial charge in [0.15, 0.2) is 0 Å². The van der Waals surface area contributed by atoms with Gasteiger partial charge in [0.2, 0.25) is 17.7 Å². The molecule has 1 aliphatic carbocycles. The lowest BCUT2D eigenvalue weighted by atomic mass is 9.81. The monoisotopic (exact) mass is 328 g/mol. The quantitative estimate of drug-likeness (QED) is 0.868. The van der Waals surface area contributed by atoms with Crippen molar-refractivity contribution in [3.8, 4) is 0 Å². The van der Waals surface area contributed by atoms with Crippen LogP contribution in [0.5, 0.6) is 0 Å². The standard InChI is InChI=1S/C19H24N2O3/c1-11-7-6-10-16(12(11)2)20-17(22)13(3)21-18(23)14-8-4-5-9-15(14)19(21)24/h6-7,10,13-15H,4-5,8-9H2,1-3H3,(H,20,22). The number of anilines is 1. The number of carbonyl (C=O) groups is 3. The van der Waals surface area contributed by atoms with Crippen LogP contribution in [0, 0.1) is 25.7 Å². The maximum atomic E-state index is 12.6. The minimum Gasteiger partial charge on any atom is -0.324 e. The topological polar surface area (TPSA) is 66.5 Å². The van der Waals surface area contributed by atoms with Gasteiger partial charge in [-0.15, -0.1) is 0 Å². The van der Waals surface area contributed by atoms with Crippen LogP contribution in [0.4, 0.5) is 5.69 Å². The minimum atomic E-state index is -0.782. The molecule has 3 atom stereocenters. The fraction of sp³-hybridized carbons (Fsp3) is 0.526. The average molecular weight is 328 g/mol. The molecule has 1 saturated carbocycles. The first-order chi connectivity index (χ1) is 11.4. The molecule has 2 fully saturated rings. The molecular weight excluding hydrogens is 304 g/mol. The van der Waals surface area contributed by atoms with Crippen LogP contribution in [0.1, 0.15) is 43.7 Å². The van der Waals surface area contributed by atoms with Gasteiger partial charge in [0.25, 0.3) is 0 Å². The Morgan fingerprint density at radius 2 is 1.71 bits per heavy atom. The molecule has 1 saturated heterocycles. The van der Waals surface area contributed by atoms with E-state index < -0.39 is 6.04 Å². The van der Waals surface area contributed by atoms with Crippen molar-refractivity contribution in [2.24, 2.45) is 11.8 Å². The second-order valence-electron chi connectivity index (χ2n) is 6.96. The summed E-state index contributed by atoms with van der Waals surface area (Å²) in [6.07, 6.45) is 3.49. The molecule has 5 nitrogen and oxygen atoms in total. The minimum absolute atomic E-state index is 0.173. The van der Waals surface area contributed by atoms with Gasteiger partial charge in [0.05, 0.1) is 11.8 Å². The molecule has 5 heteroatoms. The van der Waals surface area contributed by atoms with Crippen molar-refractivity contribution in [3.63, 3.8) is 0 Å². The SMILES string of the molecule is Cc1cccc(NC(=O)C(C)N2C(=O)C3CCCCC3C2=O)c1C. The Hall–Kier alpha value is -2.17. The lowest BCUT2D eigenvalue weighted by Crippen LogP contribution is -2.46. The number of aryl methyl sites for hydroxylation is 1. The third kappa shape index (κ3) is 2.72. The normalized spacial score (nSPS) is 24.7. The molecule has 1 aromatic rings. The number of rotatable bonds is 3. The third-order valence-corrected chi connectivity index (χ3v) is 5.50. The predicted octanol–water partition coefficient (Wildman–Crippen LogP) is 2.81. The number of benzene rings is 1. The molecule has 3 amide bonds. The second kappa shape index (κ2) is 6.38. The first-order valence-corrected chi connectivity index (χ1v) is 8.66. The van der Waals surface area contributed by atoms with Crippen LogP contribution in [0.25, 0.3) is 0 Å². The van der Waals surface area contributed by atoms with Gasteiger partial charge in [0, 0.05) is 5.69 Å². The fourth-order valence-electron chi connectivity index (χ4n) is 3.81. The number of hydrogen-bond donors (Lipinski definition) is 1. The van der Waals surface area contributed by atoms with Gasteiger partial charge in [-0.25, -0.2) is 0 Å². The first kappa shape index (κ1) is 16.7. The Bertz CT molecular complexity index is 674. The number of nitrogens with zero attached hydrogens (tertiary/aromatic N) is 1. The summed E-state index contributed by atoms with van der Waals surface area (Å²) >= 11 is 0. The van der Waals surface area contributed by atoms with E-state index in [-0.39, 0.29) is 29.6 Å². The van der Waals surface area contributed by atoms with Crippen LogP contribution < -0.4 is 5.32 Å². The van der Waals surface area contributed by atoms with E-state index >= 15 is 0 Å². The number of fused-ring (bicyclic) bond motifs is 1. The number of amides is 3. The predicted molar refractivity (Wildman–Crippen MR) is 91.3 cm³/mol. The van der Waals surface area contributed by atoms with Gasteiger partial charge in [-0.3, -0.25) is 19.3 Å². The molecule has 1 heterocycles. The van der Waals surface area contributed by atoms with E-state index in [0.717, 1.165) is 42.5 Å². The van der Waals surface area contributed by atoms with Gasteiger partial charge in [0.1, 0.15) is 6.04 Å². The molecule has 1 N–H and O–H groups in total. The molecule has 0 spiro atoms. The summed E-state index contributed by atoms with van der Waals surface area (Å²) in [7, 11) is 0. The van der Waals surface area contributed by atoms with E-state index in [0.29, 0.717) is 0 Å². The van der Waals surface area contributed by atoms with Crippen molar-refractivity contribution in [3.05, 3.63) is 29.3 Å². The summed E-state index contributed by atoms with van der Waals surface area (Å²) in [5, 5.41) is 2.87. The Kier molecular flexibility index (Phi) is 4.43. The smallest absolute Gasteiger partial charge is 0.247 e. The molecule has 2 aliphatic rings. The number of hydrogen-bond acceptors (Lipinski definition) is 3. The van der Waals surface area contributed by atoms with Gasteiger partial charge in [-0.2, -0.15) is 0 Å². The molecule has 0 aromatic heterocycles. The van der Waals surface area contributed by atoms with Crippen molar-refractivity contribution in [2.45, 2.75) is 52.5 Å². The van der Waals surface area contributed by atoms with Crippen LogP contribution in [-0.4, -0.2) is 28.7 Å². The van der Waals surface area contributed by atoms with Crippen molar-refractivity contribution in [1.29, 1.82) is 0 Å². The van der Waals surface area contributed by atoms with Gasteiger partial charge < -0.3 is 5.32 Å². The Morgan fingerprint density at radius 3 is 2.29 bits per heavy atom. The average Bonchev–Trinajstić information content (AvgIpc) is 2.83. The van der Waals surface area contributed by atoms with Gasteiger partial charge in [-0.1, -0.05) is 25.0 Å². The summed E-state index contributed by atoms with van der Waals surface area (Å²) in [5.74, 6) is -1.10. The van der Waals surface area contributed by atoms with Crippen LogP contribution >= 0.6 is 0 Å². The third-order valence-electron chi connectivity index (χ3n) is 5.50. The van der Waals surface area contributed by atoms with Gasteiger partial charge in [-0.05, 0) is 50.8 Å². The Labute approximate surface area is 142 Å².